The van der Waals surface area contributed by atoms with E-state index in [1.54, 1.807) is 0 Å². The zero-order chi connectivity index (χ0) is 12.5. The van der Waals surface area contributed by atoms with Crippen LogP contribution in [0.15, 0.2) is 0 Å². The fourth-order valence-corrected chi connectivity index (χ4v) is 2.16. The van der Waals surface area contributed by atoms with E-state index in [4.69, 9.17) is 9.47 Å². The SMILES string of the molecule is CCNC(COC1CCCCC1)C(=O)OCC. The van der Waals surface area contributed by atoms with Gasteiger partial charge in [-0.2, -0.15) is 0 Å². The van der Waals surface area contributed by atoms with Crippen molar-refractivity contribution in [1.29, 1.82) is 0 Å². The van der Waals surface area contributed by atoms with Gasteiger partial charge in [-0.25, -0.2) is 0 Å². The third kappa shape index (κ3) is 5.50. The van der Waals surface area contributed by atoms with E-state index in [0.717, 1.165) is 19.4 Å². The molecular formula is C13H25NO3. The number of carbonyl (C=O) groups is 1. The van der Waals surface area contributed by atoms with Crippen LogP contribution in [0.1, 0.15) is 46.0 Å². The van der Waals surface area contributed by atoms with Crippen molar-refractivity contribution in [3.63, 3.8) is 0 Å². The number of hydrogen-bond donors (Lipinski definition) is 1. The first-order chi connectivity index (χ1) is 8.27. The van der Waals surface area contributed by atoms with E-state index in [2.05, 4.69) is 5.32 Å². The van der Waals surface area contributed by atoms with E-state index in [-0.39, 0.29) is 12.0 Å². The molecule has 0 aromatic heterocycles. The van der Waals surface area contributed by atoms with Crippen LogP contribution >= 0.6 is 0 Å². The van der Waals surface area contributed by atoms with Gasteiger partial charge in [0.2, 0.25) is 0 Å². The van der Waals surface area contributed by atoms with Crippen LogP contribution in [-0.4, -0.2) is 37.9 Å². The third-order valence-electron chi connectivity index (χ3n) is 3.07. The second-order valence-electron chi connectivity index (χ2n) is 4.46. The molecule has 4 heteroatoms. The Labute approximate surface area is 104 Å². The van der Waals surface area contributed by atoms with Gasteiger partial charge in [-0.1, -0.05) is 26.2 Å². The summed E-state index contributed by atoms with van der Waals surface area (Å²) in [6.45, 7) is 5.40. The summed E-state index contributed by atoms with van der Waals surface area (Å²) in [7, 11) is 0. The Balaban J connectivity index is 2.29. The molecule has 17 heavy (non-hydrogen) atoms. The minimum atomic E-state index is -0.318. The average molecular weight is 243 g/mol. The molecule has 0 amide bonds. The Morgan fingerprint density at radius 1 is 1.29 bits per heavy atom. The predicted molar refractivity (Wildman–Crippen MR) is 66.9 cm³/mol. The van der Waals surface area contributed by atoms with Gasteiger partial charge in [0.25, 0.3) is 0 Å². The smallest absolute Gasteiger partial charge is 0.325 e. The van der Waals surface area contributed by atoms with E-state index in [0.29, 0.717) is 19.3 Å². The monoisotopic (exact) mass is 243 g/mol. The van der Waals surface area contributed by atoms with Gasteiger partial charge in [0, 0.05) is 0 Å². The van der Waals surface area contributed by atoms with Crippen LogP contribution in [0.5, 0.6) is 0 Å². The second-order valence-corrected chi connectivity index (χ2v) is 4.46. The lowest BCUT2D eigenvalue weighted by molar-refractivity contribution is -0.148. The standard InChI is InChI=1S/C13H25NO3/c1-3-14-12(13(15)16-4-2)10-17-11-8-6-5-7-9-11/h11-12,14H,3-10H2,1-2H3. The molecule has 0 aromatic carbocycles. The number of nitrogens with one attached hydrogen (secondary N) is 1. The van der Waals surface area contributed by atoms with E-state index in [1.165, 1.54) is 19.3 Å². The molecule has 1 aliphatic rings. The summed E-state index contributed by atoms with van der Waals surface area (Å²) in [5, 5.41) is 3.11. The number of ether oxygens (including phenoxy) is 2. The van der Waals surface area contributed by atoms with Crippen molar-refractivity contribution < 1.29 is 14.3 Å². The molecule has 1 saturated carbocycles. The minimum absolute atomic E-state index is 0.204. The van der Waals surface area contributed by atoms with Crippen molar-refractivity contribution in [3.05, 3.63) is 0 Å². The molecule has 0 radical (unpaired) electrons. The van der Waals surface area contributed by atoms with Gasteiger partial charge in [0.05, 0.1) is 19.3 Å². The Morgan fingerprint density at radius 2 is 2.00 bits per heavy atom. The van der Waals surface area contributed by atoms with Crippen molar-refractivity contribution in [3.8, 4) is 0 Å². The molecular weight excluding hydrogens is 218 g/mol. The third-order valence-corrected chi connectivity index (χ3v) is 3.07. The van der Waals surface area contributed by atoms with Crippen LogP contribution in [0, 0.1) is 0 Å². The van der Waals surface area contributed by atoms with E-state index in [1.807, 2.05) is 13.8 Å². The quantitative estimate of drug-likeness (QED) is 0.694. The van der Waals surface area contributed by atoms with Gasteiger partial charge in [-0.05, 0) is 26.3 Å². The highest BCUT2D eigenvalue weighted by atomic mass is 16.5. The van der Waals surface area contributed by atoms with Crippen molar-refractivity contribution in [2.24, 2.45) is 0 Å². The molecule has 4 nitrogen and oxygen atoms in total. The van der Waals surface area contributed by atoms with Gasteiger partial charge in [-0.15, -0.1) is 0 Å². The Bertz CT molecular complexity index is 215. The molecule has 0 heterocycles. The van der Waals surface area contributed by atoms with Gasteiger partial charge in [-0.3, -0.25) is 4.79 Å². The van der Waals surface area contributed by atoms with Gasteiger partial charge < -0.3 is 14.8 Å². The molecule has 1 unspecified atom stereocenters. The maximum atomic E-state index is 11.6. The predicted octanol–water partition coefficient (Wildman–Crippen LogP) is 1.88. The number of rotatable bonds is 7. The number of esters is 1. The fourth-order valence-electron chi connectivity index (χ4n) is 2.16. The number of hydrogen-bond acceptors (Lipinski definition) is 4. The zero-order valence-corrected chi connectivity index (χ0v) is 11.0. The van der Waals surface area contributed by atoms with Crippen LogP contribution in [0.3, 0.4) is 0 Å². The van der Waals surface area contributed by atoms with Crippen LogP contribution in [-0.2, 0) is 14.3 Å². The van der Waals surface area contributed by atoms with E-state index in [9.17, 15) is 4.79 Å². The van der Waals surface area contributed by atoms with Crippen molar-refractivity contribution in [2.75, 3.05) is 19.8 Å². The first-order valence-electron chi connectivity index (χ1n) is 6.79. The van der Waals surface area contributed by atoms with E-state index >= 15 is 0 Å². The summed E-state index contributed by atoms with van der Waals surface area (Å²) < 4.78 is 10.8. The molecule has 1 fully saturated rings. The molecule has 0 aliphatic heterocycles. The maximum absolute atomic E-state index is 11.6. The Kier molecular flexibility index (Phi) is 7.21. The molecule has 1 atom stereocenters. The topological polar surface area (TPSA) is 47.6 Å². The Hall–Kier alpha value is -0.610. The first kappa shape index (κ1) is 14.5. The molecule has 100 valence electrons. The van der Waals surface area contributed by atoms with Crippen molar-refractivity contribution in [2.45, 2.75) is 58.1 Å². The highest BCUT2D eigenvalue weighted by Crippen LogP contribution is 2.20. The molecule has 0 aromatic rings. The lowest BCUT2D eigenvalue weighted by Crippen LogP contribution is -2.42. The molecule has 1 aliphatic carbocycles. The molecule has 1 rings (SSSR count). The lowest BCUT2D eigenvalue weighted by Gasteiger charge is -2.24. The highest BCUT2D eigenvalue weighted by Gasteiger charge is 2.21. The number of carbonyl (C=O) groups excluding carboxylic acids is 1. The molecule has 0 saturated heterocycles. The summed E-state index contributed by atoms with van der Waals surface area (Å²) in [5.41, 5.74) is 0. The van der Waals surface area contributed by atoms with Crippen LogP contribution in [0.25, 0.3) is 0 Å². The van der Waals surface area contributed by atoms with Gasteiger partial charge >= 0.3 is 5.97 Å². The first-order valence-corrected chi connectivity index (χ1v) is 6.79. The van der Waals surface area contributed by atoms with Crippen LogP contribution in [0.4, 0.5) is 0 Å². The van der Waals surface area contributed by atoms with Crippen LogP contribution in [0.2, 0.25) is 0 Å². The normalized spacial score (nSPS) is 18.9. The zero-order valence-electron chi connectivity index (χ0n) is 11.0. The Morgan fingerprint density at radius 3 is 2.59 bits per heavy atom. The van der Waals surface area contributed by atoms with Crippen molar-refractivity contribution >= 4 is 5.97 Å². The lowest BCUT2D eigenvalue weighted by atomic mass is 9.98. The average Bonchev–Trinajstić information content (AvgIpc) is 2.36. The molecule has 1 N–H and O–H groups in total. The maximum Gasteiger partial charge on any atom is 0.325 e. The summed E-state index contributed by atoms with van der Waals surface area (Å²) in [5.74, 6) is -0.204. The van der Waals surface area contributed by atoms with Crippen molar-refractivity contribution in [1.82, 2.24) is 5.32 Å². The van der Waals surface area contributed by atoms with Gasteiger partial charge in [0.15, 0.2) is 0 Å². The summed E-state index contributed by atoms with van der Waals surface area (Å²) >= 11 is 0. The second kappa shape index (κ2) is 8.48. The fraction of sp³-hybridized carbons (Fsp3) is 0.923. The summed E-state index contributed by atoms with van der Waals surface area (Å²) in [6, 6.07) is -0.318. The molecule has 0 spiro atoms. The molecule has 0 bridgehead atoms. The van der Waals surface area contributed by atoms with Crippen LogP contribution < -0.4 is 5.32 Å². The van der Waals surface area contributed by atoms with E-state index < -0.39 is 0 Å². The minimum Gasteiger partial charge on any atom is -0.465 e. The summed E-state index contributed by atoms with van der Waals surface area (Å²) in [6.07, 6.45) is 6.39. The van der Waals surface area contributed by atoms with Gasteiger partial charge in [0.1, 0.15) is 6.04 Å². The summed E-state index contributed by atoms with van der Waals surface area (Å²) in [4.78, 5) is 11.6. The largest absolute Gasteiger partial charge is 0.465 e. The highest BCUT2D eigenvalue weighted by molar-refractivity contribution is 5.75. The number of likely N-dealkylation sites (N-methyl/N-ethyl adjacent to an activating group) is 1.